The average molecular weight is 572 g/mol. The van der Waals surface area contributed by atoms with Gasteiger partial charge in [0.15, 0.2) is 5.82 Å². The van der Waals surface area contributed by atoms with Gasteiger partial charge in [-0.3, -0.25) is 9.69 Å². The van der Waals surface area contributed by atoms with Crippen molar-refractivity contribution in [1.29, 1.82) is 0 Å². The Morgan fingerprint density at radius 3 is 2.85 bits per heavy atom. The Balaban J connectivity index is 1.16. The van der Waals surface area contributed by atoms with Crippen LogP contribution in [-0.2, 0) is 11.3 Å². The third-order valence-electron chi connectivity index (χ3n) is 7.39. The summed E-state index contributed by atoms with van der Waals surface area (Å²) >= 11 is 1.24. The molecule has 0 atom stereocenters. The first-order chi connectivity index (χ1) is 20.0. The minimum Gasteiger partial charge on any atom is -0.379 e. The maximum absolute atomic E-state index is 13.7. The van der Waals surface area contributed by atoms with Gasteiger partial charge in [-0.2, -0.15) is 0 Å². The fourth-order valence-electron chi connectivity index (χ4n) is 5.39. The molecule has 1 saturated heterocycles. The molecular formula is C29H26FN7O3S. The topological polar surface area (TPSA) is 105 Å². The van der Waals surface area contributed by atoms with Gasteiger partial charge >= 0.3 is 6.03 Å². The lowest BCUT2D eigenvalue weighted by atomic mass is 10.1. The first kappa shape index (κ1) is 25.6. The lowest BCUT2D eigenvalue weighted by Gasteiger charge is -2.27. The second kappa shape index (κ2) is 10.5. The number of amides is 3. The van der Waals surface area contributed by atoms with Crippen LogP contribution in [0.4, 0.5) is 26.4 Å². The van der Waals surface area contributed by atoms with Gasteiger partial charge in [0.05, 0.1) is 30.0 Å². The van der Waals surface area contributed by atoms with Crippen LogP contribution in [0.1, 0.15) is 15.2 Å². The van der Waals surface area contributed by atoms with Crippen molar-refractivity contribution in [3.63, 3.8) is 0 Å². The Morgan fingerprint density at radius 1 is 1.12 bits per heavy atom. The molecule has 5 heterocycles. The maximum Gasteiger partial charge on any atom is 0.332 e. The number of rotatable bonds is 7. The van der Waals surface area contributed by atoms with Gasteiger partial charge < -0.3 is 19.9 Å². The van der Waals surface area contributed by atoms with Crippen LogP contribution in [0.15, 0.2) is 61.1 Å². The molecule has 12 heteroatoms. The summed E-state index contributed by atoms with van der Waals surface area (Å²) in [7, 11) is 0. The number of urea groups is 1. The number of ether oxygens (including phenoxy) is 1. The number of carbonyl (C=O) groups is 2. The monoisotopic (exact) mass is 571 g/mol. The number of fused-ring (bicyclic) bond motifs is 1. The summed E-state index contributed by atoms with van der Waals surface area (Å²) in [4.78, 5) is 40.2. The molecule has 2 N–H and O–H groups in total. The Bertz CT molecular complexity index is 1800. The van der Waals surface area contributed by atoms with Crippen LogP contribution in [0.3, 0.4) is 0 Å². The number of halogens is 1. The first-order valence-electron chi connectivity index (χ1n) is 13.4. The molecule has 2 aromatic carbocycles. The van der Waals surface area contributed by atoms with Crippen molar-refractivity contribution in [2.75, 3.05) is 49.6 Å². The predicted molar refractivity (Wildman–Crippen MR) is 156 cm³/mol. The van der Waals surface area contributed by atoms with Crippen molar-refractivity contribution in [3.8, 4) is 0 Å². The molecule has 1 fully saturated rings. The number of hydrogen-bond donors (Lipinski definition) is 2. The highest BCUT2D eigenvalue weighted by molar-refractivity contribution is 7.21. The van der Waals surface area contributed by atoms with Crippen molar-refractivity contribution in [3.05, 3.63) is 77.3 Å². The average Bonchev–Trinajstić information content (AvgIpc) is 3.55. The van der Waals surface area contributed by atoms with Gasteiger partial charge in [0, 0.05) is 49.8 Å². The van der Waals surface area contributed by atoms with E-state index in [0.29, 0.717) is 58.6 Å². The highest BCUT2D eigenvalue weighted by Crippen LogP contribution is 2.44. The molecule has 7 rings (SSSR count). The minimum atomic E-state index is -0.406. The second-order valence-corrected chi connectivity index (χ2v) is 11.0. The summed E-state index contributed by atoms with van der Waals surface area (Å²) in [5.41, 5.74) is 2.88. The Labute approximate surface area is 238 Å². The van der Waals surface area contributed by atoms with Crippen molar-refractivity contribution < 1.29 is 18.7 Å². The van der Waals surface area contributed by atoms with E-state index in [4.69, 9.17) is 4.74 Å². The number of nitrogens with zero attached hydrogens (tertiary/aromatic N) is 5. The summed E-state index contributed by atoms with van der Waals surface area (Å²) in [5, 5.41) is 7.46. The summed E-state index contributed by atoms with van der Waals surface area (Å²) in [6, 6.07) is 13.8. The second-order valence-electron chi connectivity index (χ2n) is 9.98. The van der Waals surface area contributed by atoms with Crippen LogP contribution in [0, 0.1) is 5.82 Å². The molecule has 3 amide bonds. The maximum atomic E-state index is 13.7. The molecule has 0 saturated carbocycles. The number of nitrogens with one attached hydrogen (secondary N) is 2. The van der Waals surface area contributed by atoms with E-state index in [1.807, 2.05) is 41.1 Å². The Kier molecular flexibility index (Phi) is 6.57. The molecule has 2 aliphatic heterocycles. The molecule has 0 spiro atoms. The highest BCUT2D eigenvalue weighted by atomic mass is 32.1. The van der Waals surface area contributed by atoms with E-state index in [0.717, 1.165) is 36.1 Å². The van der Waals surface area contributed by atoms with Gasteiger partial charge in [0.25, 0.3) is 5.91 Å². The fraction of sp³-hybridized carbons (Fsp3) is 0.241. The molecule has 41 heavy (non-hydrogen) atoms. The van der Waals surface area contributed by atoms with Gasteiger partial charge in [-0.25, -0.2) is 24.1 Å². The molecule has 0 radical (unpaired) electrons. The standard InChI is InChI=1S/C29H26FN7O3S/c30-20-3-1-2-18(14-20)16-36-8-6-19-15-21(4-5-22(19)36)37-26-23-24(34-29(37)39)25(41-28(23)33-17-32-26)27(38)31-7-9-35-10-12-40-13-11-35/h1-6,8,14-15,17H,7,9-13,16H2,(H,31,38)(H,34,39). The van der Waals surface area contributed by atoms with Crippen LogP contribution < -0.4 is 15.5 Å². The van der Waals surface area contributed by atoms with Crippen LogP contribution in [0.25, 0.3) is 21.1 Å². The van der Waals surface area contributed by atoms with Crippen LogP contribution in [0.2, 0.25) is 0 Å². The van der Waals surface area contributed by atoms with Crippen molar-refractivity contribution >= 4 is 61.6 Å². The Morgan fingerprint density at radius 2 is 2.00 bits per heavy atom. The highest BCUT2D eigenvalue weighted by Gasteiger charge is 2.34. The SMILES string of the molecule is O=C(NCCN1CCOCC1)c1sc2ncnc3c2c1NC(=O)N3c1ccc2c(ccn2Cc2cccc(F)c2)c1. The molecule has 0 bridgehead atoms. The third kappa shape index (κ3) is 4.79. The van der Waals surface area contributed by atoms with E-state index in [1.165, 1.54) is 34.7 Å². The Hall–Kier alpha value is -4.39. The molecular weight excluding hydrogens is 545 g/mol. The van der Waals surface area contributed by atoms with Crippen LogP contribution in [-0.4, -0.2) is 70.8 Å². The number of benzene rings is 2. The van der Waals surface area contributed by atoms with Gasteiger partial charge in [-0.15, -0.1) is 11.3 Å². The molecule has 10 nitrogen and oxygen atoms in total. The van der Waals surface area contributed by atoms with Gasteiger partial charge in [0.2, 0.25) is 0 Å². The zero-order valence-electron chi connectivity index (χ0n) is 22.0. The number of carbonyl (C=O) groups excluding carboxylic acids is 2. The normalized spacial score (nSPS) is 15.4. The smallest absolute Gasteiger partial charge is 0.332 e. The summed E-state index contributed by atoms with van der Waals surface area (Å²) < 4.78 is 21.1. The van der Waals surface area contributed by atoms with Crippen LogP contribution in [0.5, 0.6) is 0 Å². The van der Waals surface area contributed by atoms with E-state index < -0.39 is 6.03 Å². The van der Waals surface area contributed by atoms with E-state index in [9.17, 15) is 14.0 Å². The van der Waals surface area contributed by atoms with Gasteiger partial charge in [0.1, 0.15) is 21.9 Å². The molecule has 3 aromatic heterocycles. The van der Waals surface area contributed by atoms with Gasteiger partial charge in [-0.05, 0) is 42.0 Å². The predicted octanol–water partition coefficient (Wildman–Crippen LogP) is 4.58. The summed E-state index contributed by atoms with van der Waals surface area (Å²) in [6.45, 7) is 4.83. The van der Waals surface area contributed by atoms with E-state index in [1.54, 1.807) is 6.07 Å². The van der Waals surface area contributed by atoms with E-state index in [-0.39, 0.29) is 11.7 Å². The zero-order chi connectivity index (χ0) is 27.9. The molecule has 0 unspecified atom stereocenters. The number of anilines is 3. The number of aromatic nitrogens is 3. The minimum absolute atomic E-state index is 0.253. The third-order valence-corrected chi connectivity index (χ3v) is 8.49. The summed E-state index contributed by atoms with van der Waals surface area (Å²) in [6.07, 6.45) is 3.36. The molecule has 2 aliphatic rings. The number of thiophene rings is 1. The number of hydrogen-bond acceptors (Lipinski definition) is 7. The molecule has 0 aliphatic carbocycles. The van der Waals surface area contributed by atoms with Crippen molar-refractivity contribution in [2.45, 2.75) is 6.54 Å². The first-order valence-corrected chi connectivity index (χ1v) is 14.2. The fourth-order valence-corrected chi connectivity index (χ4v) is 6.40. The lowest BCUT2D eigenvalue weighted by Crippen LogP contribution is -2.41. The largest absolute Gasteiger partial charge is 0.379 e. The quantitative estimate of drug-likeness (QED) is 0.296. The molecule has 5 aromatic rings. The number of morpholine rings is 1. The van der Waals surface area contributed by atoms with Gasteiger partial charge in [-0.1, -0.05) is 12.1 Å². The molecule has 208 valence electrons. The summed E-state index contributed by atoms with van der Waals surface area (Å²) in [5.74, 6) is -0.0946. The van der Waals surface area contributed by atoms with E-state index in [2.05, 4.69) is 25.5 Å². The van der Waals surface area contributed by atoms with E-state index >= 15 is 0 Å². The van der Waals surface area contributed by atoms with Crippen molar-refractivity contribution in [1.82, 2.24) is 24.8 Å². The zero-order valence-corrected chi connectivity index (χ0v) is 22.8. The van der Waals surface area contributed by atoms with Crippen molar-refractivity contribution in [2.24, 2.45) is 0 Å². The lowest BCUT2D eigenvalue weighted by molar-refractivity contribution is 0.0383. The van der Waals surface area contributed by atoms with Crippen LogP contribution >= 0.6 is 11.3 Å².